The number of rotatable bonds is 3. The zero-order chi connectivity index (χ0) is 10.6. The Morgan fingerprint density at radius 2 is 2.36 bits per heavy atom. The molecule has 0 aromatic heterocycles. The summed E-state index contributed by atoms with van der Waals surface area (Å²) < 4.78 is 5.15. The molecule has 0 spiro atoms. The van der Waals surface area contributed by atoms with Crippen molar-refractivity contribution in [1.29, 1.82) is 0 Å². The predicted octanol–water partition coefficient (Wildman–Crippen LogP) is 1.88. The molecule has 1 heterocycles. The van der Waals surface area contributed by atoms with Crippen LogP contribution in [0.15, 0.2) is 4.99 Å². The fourth-order valence-electron chi connectivity index (χ4n) is 1.16. The van der Waals surface area contributed by atoms with Crippen LogP contribution in [0.3, 0.4) is 0 Å². The first-order valence-electron chi connectivity index (χ1n) is 5.02. The maximum atomic E-state index is 5.15. The minimum absolute atomic E-state index is 0.195. The number of nitrogens with one attached hydrogen (secondary N) is 1. The van der Waals surface area contributed by atoms with E-state index in [0.29, 0.717) is 0 Å². The molecule has 1 atom stereocenters. The van der Waals surface area contributed by atoms with E-state index in [1.54, 1.807) is 18.9 Å². The normalized spacial score (nSPS) is 25.9. The van der Waals surface area contributed by atoms with Crippen LogP contribution in [0.2, 0.25) is 0 Å². The summed E-state index contributed by atoms with van der Waals surface area (Å²) >= 11 is 1.80. The van der Waals surface area contributed by atoms with Crippen molar-refractivity contribution in [3.63, 3.8) is 0 Å². The van der Waals surface area contributed by atoms with Gasteiger partial charge in [-0.25, -0.2) is 0 Å². The maximum absolute atomic E-state index is 5.15. The Kier molecular flexibility index (Phi) is 4.26. The second-order valence-electron chi connectivity index (χ2n) is 4.30. The Morgan fingerprint density at radius 1 is 1.64 bits per heavy atom. The molecule has 0 aromatic carbocycles. The molecular formula is C10H20N2OS. The number of hydrogen-bond donors (Lipinski definition) is 1. The van der Waals surface area contributed by atoms with Crippen molar-refractivity contribution >= 4 is 16.9 Å². The number of hydrogen-bond acceptors (Lipinski definition) is 3. The van der Waals surface area contributed by atoms with Gasteiger partial charge in [-0.3, -0.25) is 4.99 Å². The molecule has 0 aliphatic carbocycles. The molecule has 1 aliphatic rings. The lowest BCUT2D eigenvalue weighted by molar-refractivity contribution is 0.125. The average Bonchev–Trinajstić information content (AvgIpc) is 2.12. The highest BCUT2D eigenvalue weighted by atomic mass is 32.2. The van der Waals surface area contributed by atoms with Crippen LogP contribution in [-0.4, -0.2) is 36.2 Å². The number of amidine groups is 1. The van der Waals surface area contributed by atoms with Gasteiger partial charge in [-0.15, -0.1) is 0 Å². The van der Waals surface area contributed by atoms with Crippen molar-refractivity contribution in [2.75, 3.05) is 19.4 Å². The number of thioether (sulfide) groups is 1. The van der Waals surface area contributed by atoms with Crippen molar-refractivity contribution in [1.82, 2.24) is 5.32 Å². The molecule has 1 fully saturated rings. The van der Waals surface area contributed by atoms with Gasteiger partial charge < -0.3 is 10.1 Å². The molecule has 0 bridgehead atoms. The number of ether oxygens (including phenoxy) is 1. The van der Waals surface area contributed by atoms with Gasteiger partial charge in [-0.2, -0.15) is 0 Å². The predicted molar refractivity (Wildman–Crippen MR) is 63.1 cm³/mol. The van der Waals surface area contributed by atoms with Crippen LogP contribution in [0.1, 0.15) is 27.2 Å². The van der Waals surface area contributed by atoms with E-state index in [2.05, 4.69) is 24.2 Å². The Labute approximate surface area is 90.7 Å². The number of methoxy groups -OCH3 is 1. The largest absolute Gasteiger partial charge is 0.380 e. The van der Waals surface area contributed by atoms with Crippen LogP contribution < -0.4 is 5.32 Å². The third kappa shape index (κ3) is 3.88. The number of aliphatic imine (C=N–C) groups is 1. The van der Waals surface area contributed by atoms with Gasteiger partial charge in [0.15, 0.2) is 5.17 Å². The van der Waals surface area contributed by atoms with Crippen LogP contribution in [0.4, 0.5) is 0 Å². The minimum atomic E-state index is 0.195. The van der Waals surface area contributed by atoms with E-state index in [-0.39, 0.29) is 11.6 Å². The molecule has 4 heteroatoms. The first-order chi connectivity index (χ1) is 6.53. The van der Waals surface area contributed by atoms with Crippen LogP contribution in [0, 0.1) is 0 Å². The second kappa shape index (κ2) is 5.03. The van der Waals surface area contributed by atoms with Gasteiger partial charge in [0.2, 0.25) is 0 Å². The monoisotopic (exact) mass is 216 g/mol. The molecule has 0 amide bonds. The summed E-state index contributed by atoms with van der Waals surface area (Å²) in [5, 5.41) is 4.49. The summed E-state index contributed by atoms with van der Waals surface area (Å²) in [5.74, 6) is 1.15. The lowest BCUT2D eigenvalue weighted by Crippen LogP contribution is -2.46. The third-order valence-electron chi connectivity index (χ3n) is 2.31. The molecule has 1 saturated heterocycles. The van der Waals surface area contributed by atoms with E-state index >= 15 is 0 Å². The van der Waals surface area contributed by atoms with Gasteiger partial charge in [0.05, 0.1) is 12.6 Å². The Hall–Kier alpha value is -0.220. The van der Waals surface area contributed by atoms with E-state index in [4.69, 9.17) is 4.74 Å². The van der Waals surface area contributed by atoms with E-state index in [0.717, 1.165) is 17.5 Å². The zero-order valence-electron chi connectivity index (χ0n) is 9.46. The van der Waals surface area contributed by atoms with E-state index < -0.39 is 0 Å². The van der Waals surface area contributed by atoms with E-state index in [1.807, 2.05) is 6.92 Å². The molecule has 1 unspecified atom stereocenters. The summed E-state index contributed by atoms with van der Waals surface area (Å²) in [5.41, 5.74) is 0.195. The molecule has 82 valence electrons. The van der Waals surface area contributed by atoms with Crippen LogP contribution >= 0.6 is 11.8 Å². The summed E-state index contributed by atoms with van der Waals surface area (Å²) in [6.45, 7) is 7.19. The average molecular weight is 216 g/mol. The van der Waals surface area contributed by atoms with Gasteiger partial charge in [0, 0.05) is 18.4 Å². The van der Waals surface area contributed by atoms with Crippen LogP contribution in [-0.2, 0) is 4.74 Å². The Balaban J connectivity index is 2.43. The smallest absolute Gasteiger partial charge is 0.157 e. The van der Waals surface area contributed by atoms with Crippen molar-refractivity contribution < 1.29 is 4.74 Å². The van der Waals surface area contributed by atoms with Gasteiger partial charge in [0.25, 0.3) is 0 Å². The van der Waals surface area contributed by atoms with Crippen molar-refractivity contribution in [3.8, 4) is 0 Å². The summed E-state index contributed by atoms with van der Waals surface area (Å²) in [7, 11) is 1.72. The topological polar surface area (TPSA) is 33.6 Å². The molecule has 1 rings (SSSR count). The standard InChI is InChI=1S/C10H20N2OS/c1-8(13-4)7-11-9-12-10(2,3)5-6-14-9/h8H,5-7H2,1-4H3,(H,11,12). The van der Waals surface area contributed by atoms with Gasteiger partial charge in [-0.05, 0) is 27.2 Å². The molecular weight excluding hydrogens is 196 g/mol. The first kappa shape index (κ1) is 11.9. The quantitative estimate of drug-likeness (QED) is 0.782. The van der Waals surface area contributed by atoms with E-state index in [1.165, 1.54) is 6.42 Å². The SMILES string of the molecule is COC(C)CN=C1NC(C)(C)CCS1. The van der Waals surface area contributed by atoms with Gasteiger partial charge in [-0.1, -0.05) is 11.8 Å². The lowest BCUT2D eigenvalue weighted by Gasteiger charge is -2.32. The van der Waals surface area contributed by atoms with Crippen LogP contribution in [0.5, 0.6) is 0 Å². The van der Waals surface area contributed by atoms with Gasteiger partial charge in [0.1, 0.15) is 0 Å². The molecule has 0 aromatic rings. The molecule has 0 saturated carbocycles. The fraction of sp³-hybridized carbons (Fsp3) is 0.900. The van der Waals surface area contributed by atoms with Crippen molar-refractivity contribution in [3.05, 3.63) is 0 Å². The maximum Gasteiger partial charge on any atom is 0.157 e. The first-order valence-corrected chi connectivity index (χ1v) is 6.00. The number of nitrogens with zero attached hydrogens (tertiary/aromatic N) is 1. The zero-order valence-corrected chi connectivity index (χ0v) is 10.3. The van der Waals surface area contributed by atoms with Crippen molar-refractivity contribution in [2.24, 2.45) is 4.99 Å². The minimum Gasteiger partial charge on any atom is -0.380 e. The third-order valence-corrected chi connectivity index (χ3v) is 3.22. The fourth-order valence-corrected chi connectivity index (χ4v) is 2.48. The second-order valence-corrected chi connectivity index (χ2v) is 5.38. The Bertz CT molecular complexity index is 216. The summed E-state index contributed by atoms with van der Waals surface area (Å²) in [4.78, 5) is 4.49. The molecule has 3 nitrogen and oxygen atoms in total. The molecule has 0 radical (unpaired) electrons. The molecule has 14 heavy (non-hydrogen) atoms. The molecule has 1 N–H and O–H groups in total. The lowest BCUT2D eigenvalue weighted by atomic mass is 10.0. The van der Waals surface area contributed by atoms with Crippen LogP contribution in [0.25, 0.3) is 0 Å². The van der Waals surface area contributed by atoms with Gasteiger partial charge >= 0.3 is 0 Å². The summed E-state index contributed by atoms with van der Waals surface area (Å²) in [6, 6.07) is 0. The highest BCUT2D eigenvalue weighted by Crippen LogP contribution is 2.21. The molecule has 1 aliphatic heterocycles. The summed E-state index contributed by atoms with van der Waals surface area (Å²) in [6.07, 6.45) is 1.39. The highest BCUT2D eigenvalue weighted by molar-refractivity contribution is 8.13. The highest BCUT2D eigenvalue weighted by Gasteiger charge is 2.23. The van der Waals surface area contributed by atoms with E-state index in [9.17, 15) is 0 Å². The van der Waals surface area contributed by atoms with Crippen molar-refractivity contribution in [2.45, 2.75) is 38.8 Å². The Morgan fingerprint density at radius 3 is 2.93 bits per heavy atom.